The first kappa shape index (κ1) is 23.4. The Morgan fingerprint density at radius 3 is 1.83 bits per heavy atom. The SMILES string of the molecule is O=C(CCCl)OCCOC(=O)C1CCC(C(=O)OC2CCC(C(=O)O)CC2)CC1. The molecule has 2 rings (SSSR count). The molecular formula is C20H29ClO8. The summed E-state index contributed by atoms with van der Waals surface area (Å²) in [4.78, 5) is 46.6. The van der Waals surface area contributed by atoms with Gasteiger partial charge in [-0.3, -0.25) is 19.2 Å². The number of carboxylic acids is 1. The molecule has 29 heavy (non-hydrogen) atoms. The quantitative estimate of drug-likeness (QED) is 0.256. The van der Waals surface area contributed by atoms with Crippen molar-refractivity contribution in [2.24, 2.45) is 17.8 Å². The second-order valence-electron chi connectivity index (χ2n) is 7.62. The molecule has 9 heteroatoms. The first-order valence-corrected chi connectivity index (χ1v) is 10.8. The first-order chi connectivity index (χ1) is 13.9. The van der Waals surface area contributed by atoms with Crippen molar-refractivity contribution in [3.63, 3.8) is 0 Å². The number of esters is 3. The summed E-state index contributed by atoms with van der Waals surface area (Å²) >= 11 is 5.43. The average Bonchev–Trinajstić information content (AvgIpc) is 2.71. The zero-order valence-corrected chi connectivity index (χ0v) is 17.2. The van der Waals surface area contributed by atoms with Gasteiger partial charge in [0.2, 0.25) is 0 Å². The van der Waals surface area contributed by atoms with Gasteiger partial charge in [-0.25, -0.2) is 0 Å². The number of carbonyl (C=O) groups is 4. The number of aliphatic carboxylic acids is 1. The van der Waals surface area contributed by atoms with Crippen LogP contribution in [0.4, 0.5) is 0 Å². The lowest BCUT2D eigenvalue weighted by Crippen LogP contribution is -2.33. The molecule has 8 nitrogen and oxygen atoms in total. The number of carboxylic acid groups (broad SMARTS) is 1. The minimum atomic E-state index is -0.784. The van der Waals surface area contributed by atoms with Crippen molar-refractivity contribution < 1.29 is 38.5 Å². The van der Waals surface area contributed by atoms with E-state index in [1.54, 1.807) is 0 Å². The van der Waals surface area contributed by atoms with E-state index in [4.69, 9.17) is 30.9 Å². The summed E-state index contributed by atoms with van der Waals surface area (Å²) in [6.45, 7) is 0.0150. The van der Waals surface area contributed by atoms with Gasteiger partial charge in [0.1, 0.15) is 19.3 Å². The van der Waals surface area contributed by atoms with Crippen LogP contribution in [0.1, 0.15) is 57.8 Å². The predicted molar refractivity (Wildman–Crippen MR) is 102 cm³/mol. The second kappa shape index (κ2) is 12.0. The molecule has 0 aliphatic heterocycles. The van der Waals surface area contributed by atoms with Gasteiger partial charge in [0.15, 0.2) is 0 Å². The van der Waals surface area contributed by atoms with Gasteiger partial charge in [-0.2, -0.15) is 0 Å². The Morgan fingerprint density at radius 2 is 1.28 bits per heavy atom. The largest absolute Gasteiger partial charge is 0.481 e. The Morgan fingerprint density at radius 1 is 0.759 bits per heavy atom. The highest BCUT2D eigenvalue weighted by atomic mass is 35.5. The van der Waals surface area contributed by atoms with E-state index in [9.17, 15) is 19.2 Å². The molecular weight excluding hydrogens is 404 g/mol. The van der Waals surface area contributed by atoms with E-state index >= 15 is 0 Å². The number of halogens is 1. The maximum atomic E-state index is 12.4. The lowest BCUT2D eigenvalue weighted by Gasteiger charge is -2.30. The zero-order valence-electron chi connectivity index (χ0n) is 16.5. The fourth-order valence-corrected chi connectivity index (χ4v) is 3.97. The Kier molecular flexibility index (Phi) is 9.70. The number of alkyl halides is 1. The van der Waals surface area contributed by atoms with E-state index in [0.29, 0.717) is 51.4 Å². The number of carbonyl (C=O) groups excluding carboxylic acids is 3. The van der Waals surface area contributed by atoms with Gasteiger partial charge < -0.3 is 19.3 Å². The van der Waals surface area contributed by atoms with Crippen LogP contribution in [0, 0.1) is 17.8 Å². The second-order valence-corrected chi connectivity index (χ2v) is 8.00. The lowest BCUT2D eigenvalue weighted by molar-refractivity contribution is -0.161. The van der Waals surface area contributed by atoms with Crippen LogP contribution in [0.5, 0.6) is 0 Å². The number of hydrogen-bond acceptors (Lipinski definition) is 7. The van der Waals surface area contributed by atoms with Crippen molar-refractivity contribution >= 4 is 35.5 Å². The van der Waals surface area contributed by atoms with E-state index in [1.807, 2.05) is 0 Å². The van der Waals surface area contributed by atoms with Crippen LogP contribution < -0.4 is 0 Å². The molecule has 0 amide bonds. The summed E-state index contributed by atoms with van der Waals surface area (Å²) < 4.78 is 15.6. The first-order valence-electron chi connectivity index (χ1n) is 10.2. The van der Waals surface area contributed by atoms with Crippen molar-refractivity contribution in [3.05, 3.63) is 0 Å². The molecule has 0 unspecified atom stereocenters. The number of rotatable bonds is 9. The number of ether oxygens (including phenoxy) is 3. The zero-order chi connectivity index (χ0) is 21.2. The minimum Gasteiger partial charge on any atom is -0.481 e. The monoisotopic (exact) mass is 432 g/mol. The average molecular weight is 433 g/mol. The molecule has 0 atom stereocenters. The number of hydrogen-bond donors (Lipinski definition) is 1. The molecule has 0 radical (unpaired) electrons. The van der Waals surface area contributed by atoms with E-state index < -0.39 is 11.9 Å². The van der Waals surface area contributed by atoms with Crippen LogP contribution in [0.2, 0.25) is 0 Å². The Balaban J connectivity index is 1.61. The Labute approximate surface area is 175 Å². The van der Waals surface area contributed by atoms with Crippen molar-refractivity contribution in [1.82, 2.24) is 0 Å². The molecule has 0 aromatic rings. The van der Waals surface area contributed by atoms with Crippen LogP contribution in [-0.4, -0.2) is 54.2 Å². The van der Waals surface area contributed by atoms with Gasteiger partial charge in [0.05, 0.1) is 24.2 Å². The Bertz CT molecular complexity index is 577. The Hall–Kier alpha value is -1.83. The van der Waals surface area contributed by atoms with Crippen LogP contribution in [0.3, 0.4) is 0 Å². The van der Waals surface area contributed by atoms with Crippen molar-refractivity contribution in [2.45, 2.75) is 63.9 Å². The molecule has 2 fully saturated rings. The maximum Gasteiger partial charge on any atom is 0.309 e. The molecule has 164 valence electrons. The van der Waals surface area contributed by atoms with Gasteiger partial charge in [-0.05, 0) is 51.4 Å². The normalized spacial score (nSPS) is 26.9. The fraction of sp³-hybridized carbons (Fsp3) is 0.800. The van der Waals surface area contributed by atoms with Crippen molar-refractivity contribution in [3.8, 4) is 0 Å². The van der Waals surface area contributed by atoms with E-state index in [2.05, 4.69) is 0 Å². The molecule has 1 N–H and O–H groups in total. The third-order valence-electron chi connectivity index (χ3n) is 5.59. The maximum absolute atomic E-state index is 12.4. The topological polar surface area (TPSA) is 116 Å². The fourth-order valence-electron chi connectivity index (χ4n) is 3.82. The lowest BCUT2D eigenvalue weighted by atomic mass is 9.82. The summed E-state index contributed by atoms with van der Waals surface area (Å²) in [5, 5.41) is 9.02. The molecule has 0 aromatic heterocycles. The summed E-state index contributed by atoms with van der Waals surface area (Å²) in [5.74, 6) is -2.43. The predicted octanol–water partition coefficient (Wildman–Crippen LogP) is 2.69. The van der Waals surface area contributed by atoms with E-state index in [0.717, 1.165) is 0 Å². The third-order valence-corrected chi connectivity index (χ3v) is 5.78. The third kappa shape index (κ3) is 7.84. The van der Waals surface area contributed by atoms with E-state index in [1.165, 1.54) is 0 Å². The van der Waals surface area contributed by atoms with Crippen LogP contribution in [0.15, 0.2) is 0 Å². The van der Waals surface area contributed by atoms with Gasteiger partial charge in [0.25, 0.3) is 0 Å². The molecule has 0 heterocycles. The molecule has 0 saturated heterocycles. The van der Waals surface area contributed by atoms with Crippen molar-refractivity contribution in [2.75, 3.05) is 19.1 Å². The highest BCUT2D eigenvalue weighted by Gasteiger charge is 2.34. The van der Waals surface area contributed by atoms with Crippen molar-refractivity contribution in [1.29, 1.82) is 0 Å². The summed E-state index contributed by atoms with van der Waals surface area (Å²) in [6, 6.07) is 0. The molecule has 2 saturated carbocycles. The van der Waals surface area contributed by atoms with Crippen LogP contribution in [0.25, 0.3) is 0 Å². The van der Waals surface area contributed by atoms with Gasteiger partial charge in [-0.1, -0.05) is 0 Å². The summed E-state index contributed by atoms with van der Waals surface area (Å²) in [7, 11) is 0. The van der Waals surface area contributed by atoms with Crippen LogP contribution >= 0.6 is 11.6 Å². The molecule has 0 bridgehead atoms. The minimum absolute atomic E-state index is 0.00720. The standard InChI is InChI=1S/C20H29ClO8/c21-10-9-17(22)27-11-12-28-19(25)14-1-3-15(4-2-14)20(26)29-16-7-5-13(6-8-16)18(23)24/h13-16H,1-12H2,(H,23,24). The van der Waals surface area contributed by atoms with Crippen LogP contribution in [-0.2, 0) is 33.4 Å². The highest BCUT2D eigenvalue weighted by Crippen LogP contribution is 2.32. The molecule has 0 aromatic carbocycles. The molecule has 2 aliphatic carbocycles. The highest BCUT2D eigenvalue weighted by molar-refractivity contribution is 6.18. The van der Waals surface area contributed by atoms with Gasteiger partial charge in [-0.15, -0.1) is 11.6 Å². The van der Waals surface area contributed by atoms with Gasteiger partial charge in [0, 0.05) is 5.88 Å². The summed E-state index contributed by atoms with van der Waals surface area (Å²) in [5.41, 5.74) is 0. The summed E-state index contributed by atoms with van der Waals surface area (Å²) in [6.07, 6.45) is 4.38. The molecule has 2 aliphatic rings. The van der Waals surface area contributed by atoms with E-state index in [-0.39, 0.29) is 61.3 Å². The smallest absolute Gasteiger partial charge is 0.309 e. The molecule has 0 spiro atoms. The van der Waals surface area contributed by atoms with Gasteiger partial charge >= 0.3 is 23.9 Å².